The second-order valence-corrected chi connectivity index (χ2v) is 6.50. The van der Waals surface area contributed by atoms with Gasteiger partial charge in [-0.3, -0.25) is 4.79 Å². The summed E-state index contributed by atoms with van der Waals surface area (Å²) < 4.78 is 0.629. The third-order valence-electron chi connectivity index (χ3n) is 3.26. The molecule has 0 bridgehead atoms. The van der Waals surface area contributed by atoms with Gasteiger partial charge in [-0.25, -0.2) is 0 Å². The van der Waals surface area contributed by atoms with Gasteiger partial charge in [-0.05, 0) is 34.9 Å². The van der Waals surface area contributed by atoms with E-state index in [9.17, 15) is 4.79 Å². The van der Waals surface area contributed by atoms with Crippen molar-refractivity contribution < 1.29 is 4.79 Å². The molecule has 0 saturated carbocycles. The van der Waals surface area contributed by atoms with Crippen molar-refractivity contribution in [3.8, 4) is 11.1 Å². The summed E-state index contributed by atoms with van der Waals surface area (Å²) in [4.78, 5) is 12.6. The molecule has 0 unspecified atom stereocenters. The Balaban J connectivity index is 1.73. The number of halogens is 1. The van der Waals surface area contributed by atoms with Gasteiger partial charge in [-0.15, -0.1) is 11.3 Å². The summed E-state index contributed by atoms with van der Waals surface area (Å²) >= 11 is 7.13. The molecule has 1 nitrogen and oxygen atoms in total. The minimum atomic E-state index is -0.0240. The molecule has 3 heteroatoms. The highest BCUT2D eigenvalue weighted by atomic mass is 35.5. The van der Waals surface area contributed by atoms with E-state index in [1.165, 1.54) is 16.9 Å². The van der Waals surface area contributed by atoms with Crippen LogP contribution in [0.5, 0.6) is 0 Å². The lowest BCUT2D eigenvalue weighted by molar-refractivity contribution is 0.105. The van der Waals surface area contributed by atoms with Crippen LogP contribution in [0, 0.1) is 0 Å². The Hall–Kier alpha value is -2.16. The first-order chi connectivity index (χ1) is 10.7. The number of carbonyl (C=O) groups excluding carboxylic acids is 1. The molecule has 108 valence electrons. The van der Waals surface area contributed by atoms with Gasteiger partial charge in [0, 0.05) is 0 Å². The molecule has 0 aliphatic carbocycles. The third kappa shape index (κ3) is 3.53. The summed E-state index contributed by atoms with van der Waals surface area (Å²) in [6.07, 6.45) is 3.41. The summed E-state index contributed by atoms with van der Waals surface area (Å²) in [7, 11) is 0. The van der Waals surface area contributed by atoms with Crippen LogP contribution in [0.1, 0.15) is 15.2 Å². The van der Waals surface area contributed by atoms with Crippen LogP contribution in [-0.4, -0.2) is 5.78 Å². The van der Waals surface area contributed by atoms with E-state index in [4.69, 9.17) is 11.6 Å². The van der Waals surface area contributed by atoms with Gasteiger partial charge >= 0.3 is 0 Å². The zero-order valence-electron chi connectivity index (χ0n) is 11.7. The zero-order valence-corrected chi connectivity index (χ0v) is 13.3. The van der Waals surface area contributed by atoms with Crippen molar-refractivity contribution in [2.45, 2.75) is 0 Å². The van der Waals surface area contributed by atoms with Crippen LogP contribution in [0.4, 0.5) is 0 Å². The molecule has 0 aliphatic rings. The topological polar surface area (TPSA) is 17.1 Å². The van der Waals surface area contributed by atoms with E-state index >= 15 is 0 Å². The molecular formula is C19H13ClOS. The summed E-state index contributed by atoms with van der Waals surface area (Å²) in [5, 5.41) is 0. The number of allylic oxidation sites excluding steroid dienone is 1. The number of benzene rings is 2. The van der Waals surface area contributed by atoms with Gasteiger partial charge in [0.2, 0.25) is 0 Å². The van der Waals surface area contributed by atoms with E-state index in [0.717, 1.165) is 11.1 Å². The molecule has 0 fully saturated rings. The van der Waals surface area contributed by atoms with Crippen molar-refractivity contribution in [3.05, 3.63) is 87.6 Å². The fourth-order valence-corrected chi connectivity index (χ4v) is 3.08. The number of hydrogen-bond donors (Lipinski definition) is 0. The fourth-order valence-electron chi connectivity index (χ4n) is 2.12. The van der Waals surface area contributed by atoms with Crippen molar-refractivity contribution >= 4 is 34.8 Å². The Labute approximate surface area is 138 Å². The Morgan fingerprint density at radius 2 is 1.55 bits per heavy atom. The first-order valence-electron chi connectivity index (χ1n) is 6.85. The molecule has 0 radical (unpaired) electrons. The van der Waals surface area contributed by atoms with Crippen LogP contribution >= 0.6 is 22.9 Å². The van der Waals surface area contributed by atoms with Gasteiger partial charge in [-0.2, -0.15) is 0 Å². The van der Waals surface area contributed by atoms with Crippen LogP contribution in [-0.2, 0) is 0 Å². The lowest BCUT2D eigenvalue weighted by atomic mass is 10.0. The van der Waals surface area contributed by atoms with Crippen LogP contribution in [0.15, 0.2) is 72.8 Å². The molecule has 3 rings (SSSR count). The Morgan fingerprint density at radius 3 is 2.18 bits per heavy atom. The highest BCUT2D eigenvalue weighted by molar-refractivity contribution is 7.18. The number of carbonyl (C=O) groups is 1. The summed E-state index contributed by atoms with van der Waals surface area (Å²) in [6, 6.07) is 21.8. The minimum absolute atomic E-state index is 0.0240. The van der Waals surface area contributed by atoms with E-state index in [1.54, 1.807) is 18.2 Å². The van der Waals surface area contributed by atoms with Crippen LogP contribution in [0.25, 0.3) is 17.2 Å². The average molecular weight is 325 g/mol. The SMILES string of the molecule is O=C(C=Cc1ccc(-c2ccccc2)cc1)c1ccc(Cl)s1. The number of ketones is 1. The standard InChI is InChI=1S/C19H13ClOS/c20-19-13-12-18(22-19)17(21)11-8-14-6-9-16(10-7-14)15-4-2-1-3-5-15/h1-13H. The van der Waals surface area contributed by atoms with Crippen LogP contribution in [0.2, 0.25) is 4.34 Å². The molecule has 0 saturated heterocycles. The molecular weight excluding hydrogens is 312 g/mol. The highest BCUT2D eigenvalue weighted by Crippen LogP contribution is 2.23. The maximum atomic E-state index is 12.0. The van der Waals surface area contributed by atoms with E-state index in [0.29, 0.717) is 9.21 Å². The molecule has 0 atom stereocenters. The minimum Gasteiger partial charge on any atom is -0.288 e. The number of thiophene rings is 1. The maximum absolute atomic E-state index is 12.0. The molecule has 1 aromatic heterocycles. The average Bonchev–Trinajstić information content (AvgIpc) is 3.00. The first-order valence-corrected chi connectivity index (χ1v) is 8.05. The second kappa shape index (κ2) is 6.73. The van der Waals surface area contributed by atoms with Crippen LogP contribution < -0.4 is 0 Å². The van der Waals surface area contributed by atoms with Gasteiger partial charge in [0.25, 0.3) is 0 Å². The number of rotatable bonds is 4. The van der Waals surface area contributed by atoms with Crippen molar-refractivity contribution in [2.75, 3.05) is 0 Å². The first kappa shape index (κ1) is 14.8. The quantitative estimate of drug-likeness (QED) is 0.427. The summed E-state index contributed by atoms with van der Waals surface area (Å²) in [5.41, 5.74) is 3.34. The van der Waals surface area contributed by atoms with E-state index in [1.807, 2.05) is 36.4 Å². The van der Waals surface area contributed by atoms with E-state index in [-0.39, 0.29) is 5.78 Å². The van der Waals surface area contributed by atoms with Gasteiger partial charge in [0.15, 0.2) is 5.78 Å². The van der Waals surface area contributed by atoms with Gasteiger partial charge < -0.3 is 0 Å². The lowest BCUT2D eigenvalue weighted by Gasteiger charge is -2.01. The lowest BCUT2D eigenvalue weighted by Crippen LogP contribution is -1.88. The molecule has 0 amide bonds. The molecule has 22 heavy (non-hydrogen) atoms. The van der Waals surface area contributed by atoms with Gasteiger partial charge in [0.1, 0.15) is 0 Å². The van der Waals surface area contributed by atoms with Crippen molar-refractivity contribution in [3.63, 3.8) is 0 Å². The largest absolute Gasteiger partial charge is 0.288 e. The Morgan fingerprint density at radius 1 is 0.864 bits per heavy atom. The Bertz CT molecular complexity index is 801. The number of hydrogen-bond acceptors (Lipinski definition) is 2. The molecule has 2 aromatic carbocycles. The highest BCUT2D eigenvalue weighted by Gasteiger charge is 2.04. The molecule has 1 heterocycles. The molecule has 0 N–H and O–H groups in total. The van der Waals surface area contributed by atoms with Gasteiger partial charge in [-0.1, -0.05) is 72.3 Å². The van der Waals surface area contributed by atoms with Crippen molar-refractivity contribution in [2.24, 2.45) is 0 Å². The summed E-state index contributed by atoms with van der Waals surface area (Å²) in [5.74, 6) is -0.0240. The zero-order chi connectivity index (χ0) is 15.4. The van der Waals surface area contributed by atoms with Crippen LogP contribution in [0.3, 0.4) is 0 Å². The smallest absolute Gasteiger partial charge is 0.195 e. The fraction of sp³-hybridized carbons (Fsp3) is 0. The molecule has 0 spiro atoms. The Kier molecular flexibility index (Phi) is 4.52. The molecule has 3 aromatic rings. The van der Waals surface area contributed by atoms with Crippen molar-refractivity contribution in [1.29, 1.82) is 0 Å². The summed E-state index contributed by atoms with van der Waals surface area (Å²) in [6.45, 7) is 0. The van der Waals surface area contributed by atoms with Crippen molar-refractivity contribution in [1.82, 2.24) is 0 Å². The predicted molar refractivity (Wildman–Crippen MR) is 94.6 cm³/mol. The normalized spacial score (nSPS) is 11.0. The second-order valence-electron chi connectivity index (χ2n) is 4.79. The van der Waals surface area contributed by atoms with E-state index < -0.39 is 0 Å². The maximum Gasteiger partial charge on any atom is 0.195 e. The van der Waals surface area contributed by atoms with E-state index in [2.05, 4.69) is 24.3 Å². The third-order valence-corrected chi connectivity index (χ3v) is 4.51. The molecule has 0 aliphatic heterocycles. The van der Waals surface area contributed by atoms with Gasteiger partial charge in [0.05, 0.1) is 9.21 Å². The monoisotopic (exact) mass is 324 g/mol. The predicted octanol–water partition coefficient (Wildman–Crippen LogP) is 5.96.